The first-order chi connectivity index (χ1) is 13.3. The molecule has 0 atom stereocenters. The highest BCUT2D eigenvalue weighted by Crippen LogP contribution is 2.22. The van der Waals surface area contributed by atoms with Crippen molar-refractivity contribution in [3.8, 4) is 0 Å². The molecule has 0 unspecified atom stereocenters. The largest absolute Gasteiger partial charge is 0.452 e. The molecule has 1 amide bonds. The number of esters is 1. The SMILES string of the molecule is CCN(CC)S(=O)(=O)c1cc(C(=O)OCC(=O)N2CCCCCC2)ccc1C. The number of nitrogens with zero attached hydrogens (tertiary/aromatic N) is 2. The predicted molar refractivity (Wildman–Crippen MR) is 107 cm³/mol. The Morgan fingerprint density at radius 3 is 2.25 bits per heavy atom. The van der Waals surface area contributed by atoms with E-state index in [0.717, 1.165) is 25.7 Å². The number of aryl methyl sites for hydroxylation is 1. The zero-order chi connectivity index (χ0) is 20.7. The maximum atomic E-state index is 12.8. The van der Waals surface area contributed by atoms with Crippen LogP contribution in [0.3, 0.4) is 0 Å². The van der Waals surface area contributed by atoms with Gasteiger partial charge in [0.1, 0.15) is 0 Å². The standard InChI is InChI=1S/C20H30N2O5S/c1-4-22(5-2)28(25,26)18-14-17(11-10-16(18)3)20(24)27-15-19(23)21-12-8-6-7-9-13-21/h10-11,14H,4-9,12-13,15H2,1-3H3. The average molecular weight is 411 g/mol. The zero-order valence-electron chi connectivity index (χ0n) is 16.9. The van der Waals surface area contributed by atoms with E-state index in [1.165, 1.54) is 16.4 Å². The van der Waals surface area contributed by atoms with Crippen molar-refractivity contribution in [3.05, 3.63) is 29.3 Å². The van der Waals surface area contributed by atoms with Crippen molar-refractivity contribution < 1.29 is 22.7 Å². The second-order valence-corrected chi connectivity index (χ2v) is 8.85. The van der Waals surface area contributed by atoms with Crippen molar-refractivity contribution in [2.24, 2.45) is 0 Å². The highest BCUT2D eigenvalue weighted by molar-refractivity contribution is 7.89. The first-order valence-corrected chi connectivity index (χ1v) is 11.3. The van der Waals surface area contributed by atoms with Gasteiger partial charge in [0, 0.05) is 26.2 Å². The second kappa shape index (κ2) is 10.0. The average Bonchev–Trinajstić information content (AvgIpc) is 2.96. The lowest BCUT2D eigenvalue weighted by atomic mass is 10.1. The summed E-state index contributed by atoms with van der Waals surface area (Å²) >= 11 is 0. The maximum absolute atomic E-state index is 12.8. The number of carbonyl (C=O) groups is 2. The number of carbonyl (C=O) groups excluding carboxylic acids is 2. The van der Waals surface area contributed by atoms with E-state index < -0.39 is 16.0 Å². The van der Waals surface area contributed by atoms with Gasteiger partial charge in [-0.25, -0.2) is 13.2 Å². The van der Waals surface area contributed by atoms with E-state index >= 15 is 0 Å². The molecular weight excluding hydrogens is 380 g/mol. The van der Waals surface area contributed by atoms with Crippen molar-refractivity contribution in [1.82, 2.24) is 9.21 Å². The van der Waals surface area contributed by atoms with E-state index in [-0.39, 0.29) is 23.0 Å². The van der Waals surface area contributed by atoms with E-state index in [4.69, 9.17) is 4.74 Å². The van der Waals surface area contributed by atoms with Crippen LogP contribution < -0.4 is 0 Å². The molecule has 156 valence electrons. The highest BCUT2D eigenvalue weighted by Gasteiger charge is 2.25. The van der Waals surface area contributed by atoms with Crippen LogP contribution >= 0.6 is 0 Å². The third-order valence-corrected chi connectivity index (χ3v) is 7.22. The van der Waals surface area contributed by atoms with Crippen LogP contribution in [-0.2, 0) is 19.6 Å². The van der Waals surface area contributed by atoms with Crippen LogP contribution in [0.1, 0.15) is 55.5 Å². The quantitative estimate of drug-likeness (QED) is 0.645. The molecule has 1 aliphatic heterocycles. The number of benzene rings is 1. The molecule has 1 aromatic carbocycles. The van der Waals surface area contributed by atoms with Gasteiger partial charge in [-0.15, -0.1) is 0 Å². The monoisotopic (exact) mass is 410 g/mol. The fraction of sp³-hybridized carbons (Fsp3) is 0.600. The Kier molecular flexibility index (Phi) is 8.00. The fourth-order valence-corrected chi connectivity index (χ4v) is 5.04. The molecule has 28 heavy (non-hydrogen) atoms. The van der Waals surface area contributed by atoms with Crippen molar-refractivity contribution in [2.45, 2.75) is 51.3 Å². The van der Waals surface area contributed by atoms with E-state index in [1.54, 1.807) is 31.7 Å². The maximum Gasteiger partial charge on any atom is 0.338 e. The van der Waals surface area contributed by atoms with E-state index in [2.05, 4.69) is 0 Å². The smallest absolute Gasteiger partial charge is 0.338 e. The molecule has 7 nitrogen and oxygen atoms in total. The highest BCUT2D eigenvalue weighted by atomic mass is 32.2. The molecule has 0 bridgehead atoms. The predicted octanol–water partition coefficient (Wildman–Crippen LogP) is 2.58. The lowest BCUT2D eigenvalue weighted by Gasteiger charge is -2.21. The molecule has 1 saturated heterocycles. The Morgan fingerprint density at radius 2 is 1.68 bits per heavy atom. The molecule has 1 heterocycles. The molecule has 0 N–H and O–H groups in total. The van der Waals surface area contributed by atoms with Gasteiger partial charge in [0.25, 0.3) is 5.91 Å². The number of hydrogen-bond donors (Lipinski definition) is 0. The van der Waals surface area contributed by atoms with Crippen LogP contribution in [-0.4, -0.2) is 62.3 Å². The minimum Gasteiger partial charge on any atom is -0.452 e. The van der Waals surface area contributed by atoms with E-state index in [0.29, 0.717) is 31.7 Å². The van der Waals surface area contributed by atoms with Crippen molar-refractivity contribution in [1.29, 1.82) is 0 Å². The Labute approximate surface area is 167 Å². The summed E-state index contributed by atoms with van der Waals surface area (Å²) < 4.78 is 32.1. The van der Waals surface area contributed by atoms with E-state index in [1.807, 2.05) is 0 Å². The van der Waals surface area contributed by atoms with Gasteiger partial charge in [-0.3, -0.25) is 4.79 Å². The second-order valence-electron chi connectivity index (χ2n) is 6.94. The molecule has 0 radical (unpaired) electrons. The lowest BCUT2D eigenvalue weighted by Crippen LogP contribution is -2.35. The van der Waals surface area contributed by atoms with Gasteiger partial charge >= 0.3 is 5.97 Å². The summed E-state index contributed by atoms with van der Waals surface area (Å²) in [5, 5.41) is 0. The number of sulfonamides is 1. The lowest BCUT2D eigenvalue weighted by molar-refractivity contribution is -0.134. The molecular formula is C20H30N2O5S. The van der Waals surface area contributed by atoms with Crippen LogP contribution in [0.25, 0.3) is 0 Å². The molecule has 0 aliphatic carbocycles. The molecule has 2 rings (SSSR count). The van der Waals surface area contributed by atoms with Crippen molar-refractivity contribution in [2.75, 3.05) is 32.8 Å². The zero-order valence-corrected chi connectivity index (χ0v) is 17.8. The number of hydrogen-bond acceptors (Lipinski definition) is 5. The van der Waals surface area contributed by atoms with Gasteiger partial charge in [0.15, 0.2) is 6.61 Å². The van der Waals surface area contributed by atoms with Crippen LogP contribution in [0.5, 0.6) is 0 Å². The van der Waals surface area contributed by atoms with Gasteiger partial charge in [0.05, 0.1) is 10.5 Å². The first-order valence-electron chi connectivity index (χ1n) is 9.87. The molecule has 0 saturated carbocycles. The number of rotatable bonds is 7. The first kappa shape index (κ1) is 22.4. The number of amides is 1. The Bertz CT molecular complexity index is 795. The van der Waals surface area contributed by atoms with Crippen molar-refractivity contribution in [3.63, 3.8) is 0 Å². The molecule has 0 spiro atoms. The Balaban J connectivity index is 2.10. The number of ether oxygens (including phenoxy) is 1. The Hall–Kier alpha value is -1.93. The molecule has 8 heteroatoms. The minimum absolute atomic E-state index is 0.0875. The third kappa shape index (κ3) is 5.32. The van der Waals surface area contributed by atoms with Crippen LogP contribution in [0.4, 0.5) is 0 Å². The minimum atomic E-state index is -3.69. The summed E-state index contributed by atoms with van der Waals surface area (Å²) in [7, 11) is -3.69. The number of likely N-dealkylation sites (tertiary alicyclic amines) is 1. The molecule has 1 aromatic rings. The van der Waals surface area contributed by atoms with Gasteiger partial charge in [0.2, 0.25) is 10.0 Å². The van der Waals surface area contributed by atoms with Gasteiger partial charge < -0.3 is 9.64 Å². The topological polar surface area (TPSA) is 84.0 Å². The Morgan fingerprint density at radius 1 is 1.07 bits per heavy atom. The van der Waals surface area contributed by atoms with Gasteiger partial charge in [-0.2, -0.15) is 4.31 Å². The normalized spacial score (nSPS) is 15.4. The van der Waals surface area contributed by atoms with Crippen LogP contribution in [0.15, 0.2) is 23.1 Å². The van der Waals surface area contributed by atoms with Crippen LogP contribution in [0.2, 0.25) is 0 Å². The molecule has 1 fully saturated rings. The fourth-order valence-electron chi connectivity index (χ4n) is 3.33. The molecule has 1 aliphatic rings. The summed E-state index contributed by atoms with van der Waals surface area (Å²) in [6.07, 6.45) is 4.14. The van der Waals surface area contributed by atoms with Crippen LogP contribution in [0, 0.1) is 6.92 Å². The summed E-state index contributed by atoms with van der Waals surface area (Å²) in [6, 6.07) is 4.45. The van der Waals surface area contributed by atoms with Gasteiger partial charge in [-0.05, 0) is 37.5 Å². The molecule has 0 aromatic heterocycles. The summed E-state index contributed by atoms with van der Waals surface area (Å²) in [6.45, 7) is 6.96. The summed E-state index contributed by atoms with van der Waals surface area (Å²) in [5.41, 5.74) is 0.684. The summed E-state index contributed by atoms with van der Waals surface area (Å²) in [5.74, 6) is -0.905. The third-order valence-electron chi connectivity index (χ3n) is 5.03. The van der Waals surface area contributed by atoms with Gasteiger partial charge in [-0.1, -0.05) is 32.8 Å². The van der Waals surface area contributed by atoms with E-state index in [9.17, 15) is 18.0 Å². The summed E-state index contributed by atoms with van der Waals surface area (Å²) in [4.78, 5) is 26.5. The van der Waals surface area contributed by atoms with Crippen molar-refractivity contribution >= 4 is 21.9 Å².